The molecule has 0 aromatic carbocycles. The third kappa shape index (κ3) is 2.69. The molecule has 1 aliphatic carbocycles. The Hall–Kier alpha value is -0.120. The highest BCUT2D eigenvalue weighted by Gasteiger charge is 2.30. The third-order valence-electron chi connectivity index (χ3n) is 3.63. The summed E-state index contributed by atoms with van der Waals surface area (Å²) >= 11 is 0. The molecule has 1 saturated carbocycles. The largest absolute Gasteiger partial charge is 0.394 e. The van der Waals surface area contributed by atoms with Gasteiger partial charge in [-0.1, -0.05) is 0 Å². The average Bonchev–Trinajstić information content (AvgIpc) is 2.18. The Morgan fingerprint density at radius 2 is 1.79 bits per heavy atom. The van der Waals surface area contributed by atoms with Crippen molar-refractivity contribution in [1.29, 1.82) is 0 Å². The molecule has 0 atom stereocenters. The van der Waals surface area contributed by atoms with Crippen molar-refractivity contribution in [1.82, 2.24) is 4.90 Å². The molecular weight excluding hydrogens is 176 g/mol. The summed E-state index contributed by atoms with van der Waals surface area (Å²) < 4.78 is 0. The number of aliphatic hydroxyl groups is 1. The summed E-state index contributed by atoms with van der Waals surface area (Å²) in [5.74, 6) is 0. The minimum atomic E-state index is -0.105. The molecule has 0 amide bonds. The summed E-state index contributed by atoms with van der Waals surface area (Å²) in [6, 6.07) is 0.994. The van der Waals surface area contributed by atoms with E-state index in [1.54, 1.807) is 0 Å². The summed E-state index contributed by atoms with van der Waals surface area (Å²) in [5.41, 5.74) is 5.77. The molecule has 0 aliphatic heterocycles. The van der Waals surface area contributed by atoms with Gasteiger partial charge in [0.05, 0.1) is 6.61 Å². The molecule has 14 heavy (non-hydrogen) atoms. The standard InChI is InChI=1S/C11H24N2O/c1-11(2,8-14)13(3)10-6-4-9(12)5-7-10/h9-10,14H,4-8,12H2,1-3H3. The molecule has 0 aromatic heterocycles. The van der Waals surface area contributed by atoms with Crippen LogP contribution < -0.4 is 5.73 Å². The number of hydrogen-bond donors (Lipinski definition) is 2. The molecule has 84 valence electrons. The Bertz CT molecular complexity index is 174. The fourth-order valence-corrected chi connectivity index (χ4v) is 2.09. The van der Waals surface area contributed by atoms with Gasteiger partial charge in [0.2, 0.25) is 0 Å². The topological polar surface area (TPSA) is 49.5 Å². The van der Waals surface area contributed by atoms with Crippen LogP contribution in [0.4, 0.5) is 0 Å². The summed E-state index contributed by atoms with van der Waals surface area (Å²) in [7, 11) is 2.11. The minimum Gasteiger partial charge on any atom is -0.394 e. The van der Waals surface area contributed by atoms with Gasteiger partial charge in [0.25, 0.3) is 0 Å². The third-order valence-corrected chi connectivity index (χ3v) is 3.63. The number of rotatable bonds is 3. The van der Waals surface area contributed by atoms with Crippen LogP contribution in [-0.2, 0) is 0 Å². The highest BCUT2D eigenvalue weighted by molar-refractivity contribution is 4.87. The van der Waals surface area contributed by atoms with Crippen LogP contribution in [0.15, 0.2) is 0 Å². The lowest BCUT2D eigenvalue weighted by Gasteiger charge is -2.42. The molecule has 3 heteroatoms. The van der Waals surface area contributed by atoms with Gasteiger partial charge in [0.15, 0.2) is 0 Å². The van der Waals surface area contributed by atoms with E-state index in [-0.39, 0.29) is 12.1 Å². The first-order chi connectivity index (χ1) is 6.47. The molecule has 0 aromatic rings. The maximum Gasteiger partial charge on any atom is 0.0610 e. The molecule has 3 nitrogen and oxygen atoms in total. The molecule has 0 spiro atoms. The van der Waals surface area contributed by atoms with Crippen molar-refractivity contribution in [3.05, 3.63) is 0 Å². The monoisotopic (exact) mass is 200 g/mol. The van der Waals surface area contributed by atoms with Gasteiger partial charge in [-0.05, 0) is 46.6 Å². The molecule has 1 rings (SSSR count). The number of aliphatic hydroxyl groups excluding tert-OH is 1. The first-order valence-electron chi connectivity index (χ1n) is 5.57. The van der Waals surface area contributed by atoms with Crippen LogP contribution in [0.5, 0.6) is 0 Å². The molecule has 0 radical (unpaired) electrons. The van der Waals surface area contributed by atoms with E-state index in [9.17, 15) is 5.11 Å². The summed E-state index contributed by atoms with van der Waals surface area (Å²) in [6.45, 7) is 4.38. The molecule has 0 saturated heterocycles. The fraction of sp³-hybridized carbons (Fsp3) is 1.00. The summed E-state index contributed by atoms with van der Waals surface area (Å²) in [4.78, 5) is 2.30. The van der Waals surface area contributed by atoms with E-state index in [0.717, 1.165) is 12.8 Å². The second-order valence-corrected chi connectivity index (χ2v) is 5.15. The van der Waals surface area contributed by atoms with Gasteiger partial charge in [0.1, 0.15) is 0 Å². The zero-order valence-corrected chi connectivity index (χ0v) is 9.66. The second kappa shape index (κ2) is 4.60. The Morgan fingerprint density at radius 1 is 1.29 bits per heavy atom. The second-order valence-electron chi connectivity index (χ2n) is 5.15. The van der Waals surface area contributed by atoms with E-state index in [1.165, 1.54) is 12.8 Å². The molecule has 0 bridgehead atoms. The van der Waals surface area contributed by atoms with Crippen molar-refractivity contribution in [3.63, 3.8) is 0 Å². The number of likely N-dealkylation sites (N-methyl/N-ethyl adjacent to an activating group) is 1. The lowest BCUT2D eigenvalue weighted by Crippen LogP contribution is -2.51. The van der Waals surface area contributed by atoms with Gasteiger partial charge in [-0.3, -0.25) is 4.90 Å². The fourth-order valence-electron chi connectivity index (χ4n) is 2.09. The predicted octanol–water partition coefficient (Wildman–Crippen LogP) is 0.959. The molecule has 1 fully saturated rings. The van der Waals surface area contributed by atoms with Gasteiger partial charge >= 0.3 is 0 Å². The van der Waals surface area contributed by atoms with Crippen molar-refractivity contribution < 1.29 is 5.11 Å². The van der Waals surface area contributed by atoms with Gasteiger partial charge in [-0.2, -0.15) is 0 Å². The number of nitrogens with two attached hydrogens (primary N) is 1. The maximum absolute atomic E-state index is 9.28. The zero-order valence-electron chi connectivity index (χ0n) is 9.66. The van der Waals surface area contributed by atoms with E-state index < -0.39 is 0 Å². The van der Waals surface area contributed by atoms with Crippen molar-refractivity contribution >= 4 is 0 Å². The maximum atomic E-state index is 9.28. The molecule has 0 unspecified atom stereocenters. The smallest absolute Gasteiger partial charge is 0.0610 e. The molecule has 3 N–H and O–H groups in total. The van der Waals surface area contributed by atoms with E-state index in [1.807, 2.05) is 0 Å². The lowest BCUT2D eigenvalue weighted by molar-refractivity contribution is 0.0299. The van der Waals surface area contributed by atoms with Crippen LogP contribution in [0, 0.1) is 0 Å². The summed E-state index contributed by atoms with van der Waals surface area (Å²) in [5, 5.41) is 9.28. The van der Waals surface area contributed by atoms with E-state index in [4.69, 9.17) is 5.73 Å². The average molecular weight is 200 g/mol. The van der Waals surface area contributed by atoms with Crippen molar-refractivity contribution in [2.24, 2.45) is 5.73 Å². The first kappa shape index (κ1) is 12.0. The Labute approximate surface area is 87.3 Å². The Morgan fingerprint density at radius 3 is 2.21 bits per heavy atom. The van der Waals surface area contributed by atoms with E-state index >= 15 is 0 Å². The van der Waals surface area contributed by atoms with Gasteiger partial charge in [-0.25, -0.2) is 0 Å². The SMILES string of the molecule is CN(C1CCC(N)CC1)C(C)(C)CO. The first-order valence-corrected chi connectivity index (χ1v) is 5.57. The van der Waals surface area contributed by atoms with Crippen molar-refractivity contribution in [2.75, 3.05) is 13.7 Å². The normalized spacial score (nSPS) is 29.6. The number of nitrogens with zero attached hydrogens (tertiary/aromatic N) is 1. The van der Waals surface area contributed by atoms with Crippen LogP contribution >= 0.6 is 0 Å². The molecular formula is C11H24N2O. The predicted molar refractivity (Wildman–Crippen MR) is 59.2 cm³/mol. The quantitative estimate of drug-likeness (QED) is 0.713. The Kier molecular flexibility index (Phi) is 3.93. The Balaban J connectivity index is 2.49. The van der Waals surface area contributed by atoms with Crippen LogP contribution in [0.1, 0.15) is 39.5 Å². The molecule has 1 aliphatic rings. The molecule has 0 heterocycles. The summed E-state index contributed by atoms with van der Waals surface area (Å²) in [6.07, 6.45) is 4.58. The van der Waals surface area contributed by atoms with Gasteiger partial charge in [-0.15, -0.1) is 0 Å². The lowest BCUT2D eigenvalue weighted by atomic mass is 9.88. The van der Waals surface area contributed by atoms with Crippen LogP contribution in [0.2, 0.25) is 0 Å². The van der Waals surface area contributed by atoms with Crippen LogP contribution in [-0.4, -0.2) is 41.3 Å². The highest BCUT2D eigenvalue weighted by Crippen LogP contribution is 2.26. The highest BCUT2D eigenvalue weighted by atomic mass is 16.3. The van der Waals surface area contributed by atoms with E-state index in [2.05, 4.69) is 25.8 Å². The van der Waals surface area contributed by atoms with Gasteiger partial charge < -0.3 is 10.8 Å². The zero-order chi connectivity index (χ0) is 10.8. The van der Waals surface area contributed by atoms with Crippen LogP contribution in [0.3, 0.4) is 0 Å². The number of hydrogen-bond acceptors (Lipinski definition) is 3. The van der Waals surface area contributed by atoms with Gasteiger partial charge in [0, 0.05) is 17.6 Å². The minimum absolute atomic E-state index is 0.105. The van der Waals surface area contributed by atoms with Crippen molar-refractivity contribution in [3.8, 4) is 0 Å². The van der Waals surface area contributed by atoms with Crippen molar-refractivity contribution in [2.45, 2.75) is 57.2 Å². The van der Waals surface area contributed by atoms with Crippen LogP contribution in [0.25, 0.3) is 0 Å². The van der Waals surface area contributed by atoms with E-state index in [0.29, 0.717) is 12.1 Å².